The van der Waals surface area contributed by atoms with Crippen LogP contribution in [0.4, 0.5) is 5.69 Å². The third kappa shape index (κ3) is 6.17. The maximum absolute atomic E-state index is 13.5. The van der Waals surface area contributed by atoms with Crippen molar-refractivity contribution in [1.82, 2.24) is 9.80 Å². The summed E-state index contributed by atoms with van der Waals surface area (Å²) in [6, 6.07) is 12.9. The van der Waals surface area contributed by atoms with Crippen molar-refractivity contribution in [2.45, 2.75) is 45.4 Å². The lowest BCUT2D eigenvalue weighted by molar-refractivity contribution is -0.117. The van der Waals surface area contributed by atoms with E-state index in [0.29, 0.717) is 30.1 Å². The second-order valence-electron chi connectivity index (χ2n) is 10.1. The van der Waals surface area contributed by atoms with Gasteiger partial charge in [0.1, 0.15) is 17.6 Å². The highest BCUT2D eigenvalue weighted by atomic mass is 16.5. The van der Waals surface area contributed by atoms with Crippen LogP contribution in [-0.4, -0.2) is 72.7 Å². The van der Waals surface area contributed by atoms with Crippen molar-refractivity contribution in [1.29, 1.82) is 0 Å². The lowest BCUT2D eigenvalue weighted by Gasteiger charge is -2.38. The second kappa shape index (κ2) is 11.3. The third-order valence-electron chi connectivity index (χ3n) is 6.98. The number of aliphatic hydroxyl groups excluding tert-OH is 1. The molecule has 194 valence electrons. The Morgan fingerprint density at radius 2 is 1.97 bits per heavy atom. The van der Waals surface area contributed by atoms with Crippen molar-refractivity contribution in [3.05, 3.63) is 53.6 Å². The summed E-state index contributed by atoms with van der Waals surface area (Å²) in [6.07, 6.45) is 1.63. The average molecular weight is 496 g/mol. The van der Waals surface area contributed by atoms with Gasteiger partial charge < -0.3 is 24.8 Å². The number of amides is 2. The Bertz CT molecular complexity index is 1070. The number of rotatable bonds is 9. The molecule has 0 radical (unpaired) electrons. The molecule has 1 fully saturated rings. The summed E-state index contributed by atoms with van der Waals surface area (Å²) in [5.74, 6) is 1.20. The van der Waals surface area contributed by atoms with Crippen LogP contribution in [0, 0.1) is 11.8 Å². The second-order valence-corrected chi connectivity index (χ2v) is 10.1. The first-order valence-corrected chi connectivity index (χ1v) is 12.6. The van der Waals surface area contributed by atoms with Crippen molar-refractivity contribution in [3.8, 4) is 11.5 Å². The molecule has 2 aromatic rings. The highest BCUT2D eigenvalue weighted by molar-refractivity contribution is 6.00. The largest absolute Gasteiger partial charge is 0.497 e. The Morgan fingerprint density at radius 1 is 1.25 bits per heavy atom. The van der Waals surface area contributed by atoms with E-state index in [4.69, 9.17) is 9.47 Å². The number of ether oxygens (including phenoxy) is 2. The molecule has 1 heterocycles. The van der Waals surface area contributed by atoms with E-state index >= 15 is 0 Å². The minimum Gasteiger partial charge on any atom is -0.497 e. The molecule has 8 heteroatoms. The summed E-state index contributed by atoms with van der Waals surface area (Å²) in [6.45, 7) is 5.64. The van der Waals surface area contributed by atoms with Gasteiger partial charge in [-0.1, -0.05) is 19.1 Å². The van der Waals surface area contributed by atoms with E-state index in [1.807, 2.05) is 31.2 Å². The average Bonchev–Trinajstić information content (AvgIpc) is 3.72. The van der Waals surface area contributed by atoms with Gasteiger partial charge >= 0.3 is 0 Å². The van der Waals surface area contributed by atoms with E-state index < -0.39 is 0 Å². The minimum atomic E-state index is -0.340. The number of aliphatic hydroxyl groups is 1. The predicted molar refractivity (Wildman–Crippen MR) is 138 cm³/mol. The number of carbonyl (C=O) groups is 2. The van der Waals surface area contributed by atoms with Crippen LogP contribution < -0.4 is 14.8 Å². The van der Waals surface area contributed by atoms with E-state index in [0.717, 1.165) is 25.1 Å². The molecule has 0 spiro atoms. The lowest BCUT2D eigenvalue weighted by atomic mass is 9.99. The molecule has 2 aliphatic rings. The molecule has 0 aromatic heterocycles. The summed E-state index contributed by atoms with van der Waals surface area (Å²) in [4.78, 5) is 29.8. The maximum atomic E-state index is 13.5. The quantitative estimate of drug-likeness (QED) is 0.554. The highest BCUT2D eigenvalue weighted by Gasteiger charge is 2.34. The first-order valence-electron chi connectivity index (χ1n) is 12.6. The Balaban J connectivity index is 1.56. The van der Waals surface area contributed by atoms with Crippen molar-refractivity contribution in [2.75, 3.05) is 39.2 Å². The van der Waals surface area contributed by atoms with Gasteiger partial charge in [-0.2, -0.15) is 0 Å². The standard InChI is InChI=1S/C28H37N3O5/c1-18-14-31(19(2)17-32)28(34)24-13-22(29-27(33)21-7-8-21)9-12-25(24)36-26(18)16-30(3)15-20-5-10-23(35-4)11-6-20/h5-6,9-13,18-19,21,26,32H,7-8,14-17H2,1-4H3,(H,29,33)/t18-,19+,26+/m1/s1. The third-order valence-corrected chi connectivity index (χ3v) is 6.98. The first kappa shape index (κ1) is 26.0. The van der Waals surface area contributed by atoms with Crippen molar-refractivity contribution < 1.29 is 24.2 Å². The Hall–Kier alpha value is -3.10. The van der Waals surface area contributed by atoms with Crippen molar-refractivity contribution >= 4 is 17.5 Å². The Labute approximate surface area is 213 Å². The molecule has 2 aromatic carbocycles. The van der Waals surface area contributed by atoms with E-state index in [9.17, 15) is 14.7 Å². The van der Waals surface area contributed by atoms with Crippen LogP contribution >= 0.6 is 0 Å². The normalized spacial score (nSPS) is 20.7. The number of likely N-dealkylation sites (N-methyl/N-ethyl adjacent to an activating group) is 1. The molecule has 3 atom stereocenters. The summed E-state index contributed by atoms with van der Waals surface area (Å²) in [5.41, 5.74) is 2.15. The fraction of sp³-hybridized carbons (Fsp3) is 0.500. The monoisotopic (exact) mass is 495 g/mol. The van der Waals surface area contributed by atoms with Gasteiger partial charge in [-0.05, 0) is 62.7 Å². The molecular weight excluding hydrogens is 458 g/mol. The van der Waals surface area contributed by atoms with E-state index in [2.05, 4.69) is 24.2 Å². The van der Waals surface area contributed by atoms with E-state index in [1.165, 1.54) is 5.56 Å². The smallest absolute Gasteiger partial charge is 0.258 e. The molecule has 4 rings (SSSR count). The predicted octanol–water partition coefficient (Wildman–Crippen LogP) is 3.40. The fourth-order valence-electron chi connectivity index (χ4n) is 4.52. The fourth-order valence-corrected chi connectivity index (χ4v) is 4.52. The number of carbonyl (C=O) groups excluding carboxylic acids is 2. The molecule has 2 amide bonds. The van der Waals surface area contributed by atoms with Gasteiger partial charge in [-0.15, -0.1) is 0 Å². The molecule has 0 saturated heterocycles. The number of anilines is 1. The van der Waals surface area contributed by atoms with Gasteiger partial charge in [-0.3, -0.25) is 14.5 Å². The number of fused-ring (bicyclic) bond motifs is 1. The van der Waals surface area contributed by atoms with Gasteiger partial charge in [0.15, 0.2) is 0 Å². The SMILES string of the molecule is COc1ccc(CN(C)C[C@@H]2Oc3ccc(NC(=O)C4CC4)cc3C(=O)N([C@@H](C)CO)C[C@H]2C)cc1. The number of nitrogens with one attached hydrogen (secondary N) is 1. The van der Waals surface area contributed by atoms with Crippen LogP contribution in [0.3, 0.4) is 0 Å². The molecule has 1 saturated carbocycles. The molecule has 8 nitrogen and oxygen atoms in total. The summed E-state index contributed by atoms with van der Waals surface area (Å²) in [7, 11) is 3.71. The summed E-state index contributed by atoms with van der Waals surface area (Å²) >= 11 is 0. The van der Waals surface area contributed by atoms with Crippen molar-refractivity contribution in [2.24, 2.45) is 11.8 Å². The van der Waals surface area contributed by atoms with Crippen LogP contribution in [-0.2, 0) is 11.3 Å². The summed E-state index contributed by atoms with van der Waals surface area (Å²) in [5, 5.41) is 12.8. The molecule has 1 aliphatic heterocycles. The number of methoxy groups -OCH3 is 1. The molecule has 0 bridgehead atoms. The number of nitrogens with zero attached hydrogens (tertiary/aromatic N) is 2. The minimum absolute atomic E-state index is 0.0126. The molecule has 0 unspecified atom stereocenters. The van der Waals surface area contributed by atoms with Gasteiger partial charge in [0.2, 0.25) is 5.91 Å². The van der Waals surface area contributed by atoms with Gasteiger partial charge in [0.25, 0.3) is 5.91 Å². The number of benzene rings is 2. The van der Waals surface area contributed by atoms with Crippen molar-refractivity contribution in [3.63, 3.8) is 0 Å². The van der Waals surface area contributed by atoms with Crippen LogP contribution in [0.25, 0.3) is 0 Å². The molecule has 36 heavy (non-hydrogen) atoms. The first-order chi connectivity index (χ1) is 17.3. The zero-order valence-corrected chi connectivity index (χ0v) is 21.6. The summed E-state index contributed by atoms with van der Waals surface area (Å²) < 4.78 is 11.7. The van der Waals surface area contributed by atoms with E-state index in [-0.39, 0.29) is 42.4 Å². The van der Waals surface area contributed by atoms with Gasteiger partial charge in [0.05, 0.1) is 25.3 Å². The molecule has 2 N–H and O–H groups in total. The number of hydrogen-bond acceptors (Lipinski definition) is 6. The van der Waals surface area contributed by atoms with Crippen LogP contribution in [0.2, 0.25) is 0 Å². The molecule has 1 aliphatic carbocycles. The van der Waals surface area contributed by atoms with Crippen LogP contribution in [0.5, 0.6) is 11.5 Å². The highest BCUT2D eigenvalue weighted by Crippen LogP contribution is 2.33. The zero-order valence-electron chi connectivity index (χ0n) is 21.6. The number of hydrogen-bond donors (Lipinski definition) is 2. The topological polar surface area (TPSA) is 91.3 Å². The lowest BCUT2D eigenvalue weighted by Crippen LogP contribution is -2.49. The van der Waals surface area contributed by atoms with Gasteiger partial charge in [-0.25, -0.2) is 0 Å². The Kier molecular flexibility index (Phi) is 8.16. The van der Waals surface area contributed by atoms with Crippen LogP contribution in [0.15, 0.2) is 42.5 Å². The van der Waals surface area contributed by atoms with Crippen LogP contribution in [0.1, 0.15) is 42.6 Å². The zero-order chi connectivity index (χ0) is 25.8. The molecular formula is C28H37N3O5. The van der Waals surface area contributed by atoms with Gasteiger partial charge in [0, 0.05) is 37.2 Å². The Morgan fingerprint density at radius 3 is 2.61 bits per heavy atom. The maximum Gasteiger partial charge on any atom is 0.258 e. The van der Waals surface area contributed by atoms with E-state index in [1.54, 1.807) is 30.2 Å².